The molecule has 3 aromatic carbocycles. The fourth-order valence-corrected chi connectivity index (χ4v) is 4.07. The molecule has 3 unspecified atom stereocenters. The standard InChI is InChI=1S/C25H24FNO3/c1-16-2-10-20(11-3-16)27-24(18-6-12-21(28)13-7-18)22(25(27)30)14-15-23(29)17-4-8-19(26)9-5-17/h2-13,22-24,28-29H,14-15H2,1H3. The highest BCUT2D eigenvalue weighted by atomic mass is 19.1. The van der Waals surface area contributed by atoms with E-state index in [0.717, 1.165) is 16.8 Å². The number of nitrogens with zero attached hydrogens (tertiary/aromatic N) is 1. The van der Waals surface area contributed by atoms with Crippen LogP contribution in [-0.4, -0.2) is 16.1 Å². The molecule has 30 heavy (non-hydrogen) atoms. The zero-order valence-electron chi connectivity index (χ0n) is 16.7. The zero-order valence-corrected chi connectivity index (χ0v) is 16.7. The Hall–Kier alpha value is -3.18. The van der Waals surface area contributed by atoms with Crippen molar-refractivity contribution in [2.45, 2.75) is 31.9 Å². The number of carbonyl (C=O) groups is 1. The first-order valence-electron chi connectivity index (χ1n) is 10.1. The molecule has 5 heteroatoms. The summed E-state index contributed by atoms with van der Waals surface area (Å²) in [5, 5.41) is 20.1. The molecule has 1 saturated heterocycles. The van der Waals surface area contributed by atoms with Gasteiger partial charge in [-0.1, -0.05) is 42.0 Å². The van der Waals surface area contributed by atoms with Crippen molar-refractivity contribution in [1.82, 2.24) is 0 Å². The van der Waals surface area contributed by atoms with E-state index in [2.05, 4.69) is 0 Å². The van der Waals surface area contributed by atoms with Crippen LogP contribution in [0.25, 0.3) is 0 Å². The maximum absolute atomic E-state index is 13.1. The monoisotopic (exact) mass is 405 g/mol. The van der Waals surface area contributed by atoms with Crippen LogP contribution in [0.5, 0.6) is 5.75 Å². The Kier molecular flexibility index (Phi) is 5.55. The molecule has 0 bridgehead atoms. The summed E-state index contributed by atoms with van der Waals surface area (Å²) in [4.78, 5) is 14.8. The molecule has 1 heterocycles. The quantitative estimate of drug-likeness (QED) is 0.564. The van der Waals surface area contributed by atoms with Gasteiger partial charge in [0.15, 0.2) is 0 Å². The van der Waals surface area contributed by atoms with Crippen molar-refractivity contribution in [3.8, 4) is 5.75 Å². The van der Waals surface area contributed by atoms with E-state index in [1.807, 2.05) is 43.3 Å². The van der Waals surface area contributed by atoms with Gasteiger partial charge in [-0.15, -0.1) is 0 Å². The van der Waals surface area contributed by atoms with Crippen molar-refractivity contribution in [1.29, 1.82) is 0 Å². The van der Waals surface area contributed by atoms with Gasteiger partial charge >= 0.3 is 0 Å². The number of aryl methyl sites for hydroxylation is 1. The van der Waals surface area contributed by atoms with E-state index in [-0.39, 0.29) is 29.4 Å². The Labute approximate surface area is 175 Å². The highest BCUT2D eigenvalue weighted by molar-refractivity contribution is 6.03. The van der Waals surface area contributed by atoms with Gasteiger partial charge in [0.1, 0.15) is 11.6 Å². The number of phenolic OH excluding ortho intramolecular Hbond substituents is 1. The van der Waals surface area contributed by atoms with E-state index >= 15 is 0 Å². The van der Waals surface area contributed by atoms with Crippen molar-refractivity contribution in [2.24, 2.45) is 5.92 Å². The lowest BCUT2D eigenvalue weighted by Crippen LogP contribution is -2.55. The number of phenols is 1. The number of β-lactam (4-membered cyclic amide) rings is 1. The lowest BCUT2D eigenvalue weighted by atomic mass is 9.78. The smallest absolute Gasteiger partial charge is 0.233 e. The second kappa shape index (κ2) is 8.28. The number of rotatable bonds is 6. The molecule has 2 N–H and O–H groups in total. The minimum absolute atomic E-state index is 0.0169. The summed E-state index contributed by atoms with van der Waals surface area (Å²) < 4.78 is 13.1. The second-order valence-electron chi connectivity index (χ2n) is 7.83. The van der Waals surface area contributed by atoms with Crippen LogP contribution in [0.2, 0.25) is 0 Å². The van der Waals surface area contributed by atoms with Crippen LogP contribution in [0.15, 0.2) is 72.8 Å². The Balaban J connectivity index is 1.55. The predicted molar refractivity (Wildman–Crippen MR) is 114 cm³/mol. The summed E-state index contributed by atoms with van der Waals surface area (Å²) in [6, 6.07) is 20.3. The van der Waals surface area contributed by atoms with E-state index < -0.39 is 6.10 Å². The van der Waals surface area contributed by atoms with E-state index in [1.54, 1.807) is 29.2 Å². The first-order chi connectivity index (χ1) is 14.4. The fourth-order valence-electron chi connectivity index (χ4n) is 4.07. The third kappa shape index (κ3) is 3.94. The molecule has 0 aliphatic carbocycles. The van der Waals surface area contributed by atoms with Crippen LogP contribution in [0.4, 0.5) is 10.1 Å². The lowest BCUT2D eigenvalue weighted by Gasteiger charge is -2.48. The number of aromatic hydroxyl groups is 1. The van der Waals surface area contributed by atoms with Crippen LogP contribution in [0.3, 0.4) is 0 Å². The molecule has 4 rings (SSSR count). The number of anilines is 1. The number of aliphatic hydroxyl groups excluding tert-OH is 1. The minimum atomic E-state index is -0.757. The summed E-state index contributed by atoms with van der Waals surface area (Å²) in [5.74, 6) is -0.426. The SMILES string of the molecule is Cc1ccc(N2C(=O)C(CCC(O)c3ccc(F)cc3)C2c2ccc(O)cc2)cc1. The number of hydrogen-bond acceptors (Lipinski definition) is 3. The van der Waals surface area contributed by atoms with Crippen LogP contribution in [0.1, 0.15) is 41.7 Å². The molecule has 1 aliphatic rings. The number of benzene rings is 3. The van der Waals surface area contributed by atoms with E-state index in [9.17, 15) is 19.4 Å². The highest BCUT2D eigenvalue weighted by Gasteiger charge is 2.48. The largest absolute Gasteiger partial charge is 0.508 e. The van der Waals surface area contributed by atoms with Crippen LogP contribution in [-0.2, 0) is 4.79 Å². The van der Waals surface area contributed by atoms with Gasteiger partial charge < -0.3 is 15.1 Å². The van der Waals surface area contributed by atoms with Crippen molar-refractivity contribution in [3.63, 3.8) is 0 Å². The van der Waals surface area contributed by atoms with Gasteiger partial charge in [-0.2, -0.15) is 0 Å². The van der Waals surface area contributed by atoms with Gasteiger partial charge in [0.25, 0.3) is 0 Å². The van der Waals surface area contributed by atoms with Crippen LogP contribution < -0.4 is 4.90 Å². The van der Waals surface area contributed by atoms with Crippen molar-refractivity contribution >= 4 is 11.6 Å². The third-order valence-electron chi connectivity index (χ3n) is 5.77. The first kappa shape index (κ1) is 20.1. The molecule has 3 aromatic rings. The van der Waals surface area contributed by atoms with Crippen molar-refractivity contribution in [3.05, 3.63) is 95.3 Å². The average Bonchev–Trinajstić information content (AvgIpc) is 2.74. The molecule has 0 spiro atoms. The Morgan fingerprint density at radius 3 is 2.23 bits per heavy atom. The second-order valence-corrected chi connectivity index (χ2v) is 7.83. The topological polar surface area (TPSA) is 60.8 Å². The Morgan fingerprint density at radius 1 is 0.967 bits per heavy atom. The molecule has 1 fully saturated rings. The molecule has 1 aliphatic heterocycles. The number of halogens is 1. The molecular weight excluding hydrogens is 381 g/mol. The number of aliphatic hydroxyl groups is 1. The van der Waals surface area contributed by atoms with Gasteiger partial charge in [-0.25, -0.2) is 4.39 Å². The van der Waals surface area contributed by atoms with Gasteiger partial charge in [0.2, 0.25) is 5.91 Å². The average molecular weight is 405 g/mol. The number of amides is 1. The zero-order chi connectivity index (χ0) is 21.3. The van der Waals surface area contributed by atoms with E-state index in [1.165, 1.54) is 12.1 Å². The maximum Gasteiger partial charge on any atom is 0.233 e. The molecule has 0 radical (unpaired) electrons. The molecule has 154 valence electrons. The number of hydrogen-bond donors (Lipinski definition) is 2. The molecule has 3 atom stereocenters. The van der Waals surface area contributed by atoms with Gasteiger partial charge in [-0.3, -0.25) is 4.79 Å². The summed E-state index contributed by atoms with van der Waals surface area (Å²) in [6.07, 6.45) is 0.149. The van der Waals surface area contributed by atoms with Gasteiger partial charge in [-0.05, 0) is 67.3 Å². The van der Waals surface area contributed by atoms with Crippen LogP contribution in [0, 0.1) is 18.7 Å². The Morgan fingerprint density at radius 2 is 1.60 bits per heavy atom. The van der Waals surface area contributed by atoms with Crippen molar-refractivity contribution in [2.75, 3.05) is 4.90 Å². The summed E-state index contributed by atoms with van der Waals surface area (Å²) in [7, 11) is 0. The number of carbonyl (C=O) groups excluding carboxylic acids is 1. The summed E-state index contributed by atoms with van der Waals surface area (Å²) >= 11 is 0. The molecule has 0 saturated carbocycles. The van der Waals surface area contributed by atoms with Crippen LogP contribution >= 0.6 is 0 Å². The third-order valence-corrected chi connectivity index (χ3v) is 5.77. The molecule has 1 amide bonds. The minimum Gasteiger partial charge on any atom is -0.508 e. The van der Waals surface area contributed by atoms with Gasteiger partial charge in [0, 0.05) is 5.69 Å². The first-order valence-corrected chi connectivity index (χ1v) is 10.1. The lowest BCUT2D eigenvalue weighted by molar-refractivity contribution is -0.131. The van der Waals surface area contributed by atoms with Crippen molar-refractivity contribution < 1.29 is 19.4 Å². The highest BCUT2D eigenvalue weighted by Crippen LogP contribution is 2.46. The fraction of sp³-hybridized carbons (Fsp3) is 0.240. The Bertz CT molecular complexity index is 1020. The summed E-state index contributed by atoms with van der Waals surface area (Å²) in [5.41, 5.74) is 3.53. The van der Waals surface area contributed by atoms with E-state index in [4.69, 9.17) is 0 Å². The normalized spacial score (nSPS) is 19.4. The van der Waals surface area contributed by atoms with Gasteiger partial charge in [0.05, 0.1) is 18.1 Å². The predicted octanol–water partition coefficient (Wildman–Crippen LogP) is 5.06. The molecule has 4 nitrogen and oxygen atoms in total. The molecular formula is C25H24FNO3. The molecule has 0 aromatic heterocycles. The van der Waals surface area contributed by atoms with E-state index in [0.29, 0.717) is 18.4 Å². The summed E-state index contributed by atoms with van der Waals surface area (Å²) in [6.45, 7) is 2.00. The maximum atomic E-state index is 13.1.